The van der Waals surface area contributed by atoms with E-state index in [0.29, 0.717) is 35.9 Å². The maximum absolute atomic E-state index is 12.5. The van der Waals surface area contributed by atoms with Gasteiger partial charge in [0.1, 0.15) is 19.0 Å². The first-order chi connectivity index (χ1) is 22.7. The van der Waals surface area contributed by atoms with Gasteiger partial charge in [0.05, 0.1) is 6.10 Å². The third kappa shape index (κ3) is 9.60. The molecule has 0 heterocycles. The van der Waals surface area contributed by atoms with Gasteiger partial charge in [0.2, 0.25) is 0 Å². The van der Waals surface area contributed by atoms with Crippen molar-refractivity contribution in [1.29, 1.82) is 0 Å². The van der Waals surface area contributed by atoms with Gasteiger partial charge in [0.25, 0.3) is 0 Å². The number of carbonyl (C=O) groups excluding carboxylic acids is 5. The molecular weight excluding hydrogens is 616 g/mol. The molecular formula is C38H60O10. The van der Waals surface area contributed by atoms with Crippen LogP contribution in [0.15, 0.2) is 0 Å². The van der Waals surface area contributed by atoms with Crippen LogP contribution in [0.4, 0.5) is 0 Å². The van der Waals surface area contributed by atoms with E-state index in [0.717, 1.165) is 50.4 Å². The molecule has 4 aliphatic carbocycles. The number of ketones is 1. The second-order valence-corrected chi connectivity index (χ2v) is 15.9. The van der Waals surface area contributed by atoms with Crippen LogP contribution in [-0.2, 0) is 47.7 Å². The monoisotopic (exact) mass is 676 g/mol. The largest absolute Gasteiger partial charge is 0.462 e. The second-order valence-electron chi connectivity index (χ2n) is 15.9. The molecule has 0 bridgehead atoms. The van der Waals surface area contributed by atoms with Crippen LogP contribution >= 0.6 is 0 Å². The molecule has 1 unspecified atom stereocenters. The summed E-state index contributed by atoms with van der Waals surface area (Å²) < 4.78 is 26.7. The molecule has 10 heteroatoms. The molecule has 10 nitrogen and oxygen atoms in total. The van der Waals surface area contributed by atoms with Gasteiger partial charge in [-0.05, 0) is 112 Å². The fourth-order valence-corrected chi connectivity index (χ4v) is 10.2. The minimum absolute atomic E-state index is 0.00767. The Balaban J connectivity index is 1.10. The van der Waals surface area contributed by atoms with E-state index >= 15 is 0 Å². The van der Waals surface area contributed by atoms with Crippen molar-refractivity contribution in [3.05, 3.63) is 0 Å². The smallest absolute Gasteiger partial charge is 0.308 e. The number of rotatable bonds is 16. The summed E-state index contributed by atoms with van der Waals surface area (Å²) in [6, 6.07) is 0. The lowest BCUT2D eigenvalue weighted by molar-refractivity contribution is -0.174. The summed E-state index contributed by atoms with van der Waals surface area (Å²) in [6.45, 7) is 10.9. The second kappa shape index (κ2) is 16.9. The fraction of sp³-hybridized carbons (Fsp3) is 0.868. The molecule has 4 saturated carbocycles. The number of hydrogen-bond donors (Lipinski definition) is 0. The molecule has 48 heavy (non-hydrogen) atoms. The molecule has 0 saturated heterocycles. The first-order valence-corrected chi connectivity index (χ1v) is 18.5. The average molecular weight is 677 g/mol. The third-order valence-corrected chi connectivity index (χ3v) is 12.7. The summed E-state index contributed by atoms with van der Waals surface area (Å²) in [5.74, 6) is 1.79. The van der Waals surface area contributed by atoms with Gasteiger partial charge in [0, 0.05) is 32.6 Å². The van der Waals surface area contributed by atoms with Crippen LogP contribution in [0.25, 0.3) is 0 Å². The van der Waals surface area contributed by atoms with Crippen LogP contribution in [0, 0.1) is 46.3 Å². The van der Waals surface area contributed by atoms with E-state index in [1.165, 1.54) is 46.0 Å². The highest BCUT2D eigenvalue weighted by Gasteiger charge is 2.60. The van der Waals surface area contributed by atoms with Crippen molar-refractivity contribution in [2.75, 3.05) is 20.0 Å². The van der Waals surface area contributed by atoms with Crippen LogP contribution in [0.2, 0.25) is 0 Å². The molecule has 0 radical (unpaired) electrons. The van der Waals surface area contributed by atoms with Crippen molar-refractivity contribution in [3.63, 3.8) is 0 Å². The van der Waals surface area contributed by atoms with E-state index < -0.39 is 24.0 Å². The van der Waals surface area contributed by atoms with Gasteiger partial charge in [0.15, 0.2) is 12.9 Å². The fourth-order valence-electron chi connectivity index (χ4n) is 10.2. The zero-order valence-electron chi connectivity index (χ0n) is 30.2. The zero-order chi connectivity index (χ0) is 35.1. The van der Waals surface area contributed by atoms with Crippen LogP contribution < -0.4 is 0 Å². The highest BCUT2D eigenvalue weighted by atomic mass is 16.7. The minimum atomic E-state index is -0.850. The summed E-state index contributed by atoms with van der Waals surface area (Å²) in [7, 11) is 0. The lowest BCUT2D eigenvalue weighted by atomic mass is 9.44. The van der Waals surface area contributed by atoms with E-state index in [9.17, 15) is 24.0 Å². The Bertz CT molecular complexity index is 1130. The molecule has 4 aliphatic rings. The van der Waals surface area contributed by atoms with Gasteiger partial charge in [-0.1, -0.05) is 33.6 Å². The first kappa shape index (κ1) is 38.3. The van der Waals surface area contributed by atoms with Crippen molar-refractivity contribution in [1.82, 2.24) is 0 Å². The van der Waals surface area contributed by atoms with Crippen molar-refractivity contribution in [2.45, 2.75) is 144 Å². The summed E-state index contributed by atoms with van der Waals surface area (Å²) in [6.07, 6.45) is 12.2. The van der Waals surface area contributed by atoms with Crippen molar-refractivity contribution < 1.29 is 47.7 Å². The van der Waals surface area contributed by atoms with Crippen LogP contribution in [0.3, 0.4) is 0 Å². The van der Waals surface area contributed by atoms with E-state index in [1.807, 2.05) is 6.92 Å². The molecule has 4 rings (SSSR count). The molecule has 4 fully saturated rings. The highest BCUT2D eigenvalue weighted by molar-refractivity contribution is 5.79. The molecule has 0 amide bonds. The van der Waals surface area contributed by atoms with E-state index in [2.05, 4.69) is 13.8 Å². The number of esters is 4. The number of Topliss-reactive ketones (excluding diaryl/α,β-unsaturated/α-hetero) is 1. The highest BCUT2D eigenvalue weighted by Crippen LogP contribution is 2.67. The Morgan fingerprint density at radius 2 is 1.42 bits per heavy atom. The topological polar surface area (TPSA) is 132 Å². The van der Waals surface area contributed by atoms with E-state index in [-0.39, 0.29) is 55.8 Å². The Hall–Kier alpha value is -2.49. The Kier molecular flexibility index (Phi) is 13.5. The molecule has 0 aromatic heterocycles. The summed E-state index contributed by atoms with van der Waals surface area (Å²) in [5.41, 5.74) is 0.523. The maximum Gasteiger partial charge on any atom is 0.308 e. The van der Waals surface area contributed by atoms with Crippen molar-refractivity contribution >= 4 is 29.7 Å². The Morgan fingerprint density at radius 3 is 2.08 bits per heavy atom. The number of ether oxygens (including phenoxy) is 5. The standard InChI is InChI=1S/C38H60O10/c1-24(9-7-8-10-35(42)48-30(21-44-26(3)40)22-45-27(4)41)19-36(43)47-23-46-29-15-17-37(5)28(20-29)11-12-31-33-14-13-32(25(2)39)38(33,6)18-16-34(31)37/h24,28-34H,7-23H2,1-6H3/t24?,28-,29+,31-,32+,33-,34-,37-,38+/m0/s1. The minimum Gasteiger partial charge on any atom is -0.462 e. The normalized spacial score (nSPS) is 33.1. The quantitative estimate of drug-likeness (QED) is 0.0749. The zero-order valence-corrected chi connectivity index (χ0v) is 30.2. The van der Waals surface area contributed by atoms with Gasteiger partial charge < -0.3 is 23.7 Å². The Morgan fingerprint density at radius 1 is 0.750 bits per heavy atom. The number of carbonyl (C=O) groups is 5. The molecule has 0 N–H and O–H groups in total. The van der Waals surface area contributed by atoms with Gasteiger partial charge in [-0.15, -0.1) is 0 Å². The van der Waals surface area contributed by atoms with Gasteiger partial charge in [-0.3, -0.25) is 24.0 Å². The summed E-state index contributed by atoms with van der Waals surface area (Å²) >= 11 is 0. The van der Waals surface area contributed by atoms with Crippen LogP contribution in [0.5, 0.6) is 0 Å². The van der Waals surface area contributed by atoms with Gasteiger partial charge >= 0.3 is 23.9 Å². The number of fused-ring (bicyclic) bond motifs is 5. The molecule has 0 aromatic rings. The van der Waals surface area contributed by atoms with Gasteiger partial charge in [-0.25, -0.2) is 0 Å². The Labute approximate surface area is 287 Å². The molecule has 9 atom stereocenters. The maximum atomic E-state index is 12.5. The lowest BCUT2D eigenvalue weighted by Gasteiger charge is -2.61. The van der Waals surface area contributed by atoms with Crippen molar-refractivity contribution in [2.24, 2.45) is 46.3 Å². The molecule has 272 valence electrons. The molecule has 0 spiro atoms. The summed E-state index contributed by atoms with van der Waals surface area (Å²) in [4.78, 5) is 59.4. The predicted molar refractivity (Wildman–Crippen MR) is 177 cm³/mol. The third-order valence-electron chi connectivity index (χ3n) is 12.7. The van der Waals surface area contributed by atoms with Crippen LogP contribution in [-0.4, -0.2) is 61.9 Å². The predicted octanol–water partition coefficient (Wildman–Crippen LogP) is 6.74. The van der Waals surface area contributed by atoms with Crippen LogP contribution in [0.1, 0.15) is 131 Å². The number of unbranched alkanes of at least 4 members (excludes halogenated alkanes) is 1. The van der Waals surface area contributed by atoms with E-state index in [1.54, 1.807) is 6.92 Å². The average Bonchev–Trinajstić information content (AvgIpc) is 3.38. The number of hydrogen-bond acceptors (Lipinski definition) is 10. The molecule has 0 aromatic carbocycles. The lowest BCUT2D eigenvalue weighted by Crippen LogP contribution is -2.54. The summed E-state index contributed by atoms with van der Waals surface area (Å²) in [5, 5.41) is 0. The van der Waals surface area contributed by atoms with Crippen molar-refractivity contribution in [3.8, 4) is 0 Å². The van der Waals surface area contributed by atoms with E-state index in [4.69, 9.17) is 23.7 Å². The van der Waals surface area contributed by atoms with Gasteiger partial charge in [-0.2, -0.15) is 0 Å². The SMILES string of the molecule is CC(=O)OCC(COC(C)=O)OC(=O)CCCCC(C)CC(=O)OCO[C@@H]1CC[C@@]2(C)[C@@H](CC[C@@H]3[C@@H]2CC[C@]2(C)[C@@H](C(C)=O)CC[C@@H]32)C1. The first-order valence-electron chi connectivity index (χ1n) is 18.5. The molecule has 0 aliphatic heterocycles.